The lowest BCUT2D eigenvalue weighted by atomic mass is 9.96. The largest absolute Gasteiger partial charge is 0.506 e. The number of rotatable bonds is 7. The second kappa shape index (κ2) is 10.4. The van der Waals surface area contributed by atoms with Crippen LogP contribution >= 0.6 is 0 Å². The van der Waals surface area contributed by atoms with Gasteiger partial charge in [0.1, 0.15) is 41.7 Å². The number of ether oxygens (including phenoxy) is 3. The van der Waals surface area contributed by atoms with E-state index in [1.54, 1.807) is 31.2 Å². The Hall–Kier alpha value is -3.74. The Balaban J connectivity index is 1.51. The van der Waals surface area contributed by atoms with E-state index in [-0.39, 0.29) is 35.7 Å². The number of hydrogen-bond donors (Lipinski definition) is 5. The molecule has 0 aliphatic carbocycles. The zero-order valence-corrected chi connectivity index (χ0v) is 21.3. The van der Waals surface area contributed by atoms with Crippen molar-refractivity contribution in [3.05, 3.63) is 64.7 Å². The van der Waals surface area contributed by atoms with E-state index in [2.05, 4.69) is 0 Å². The Morgan fingerprint density at radius 3 is 2.54 bits per heavy atom. The molecule has 11 heteroatoms. The summed E-state index contributed by atoms with van der Waals surface area (Å²) in [5.41, 5.74) is 1.81. The molecule has 2 aliphatic heterocycles. The molecule has 0 unspecified atom stereocenters. The lowest BCUT2D eigenvalue weighted by Crippen LogP contribution is -2.60. The van der Waals surface area contributed by atoms with Crippen molar-refractivity contribution in [3.63, 3.8) is 0 Å². The average Bonchev–Trinajstić information content (AvgIpc) is 3.23. The van der Waals surface area contributed by atoms with Gasteiger partial charge < -0.3 is 44.6 Å². The van der Waals surface area contributed by atoms with Crippen LogP contribution in [0.3, 0.4) is 0 Å². The van der Waals surface area contributed by atoms with Crippen LogP contribution in [0.1, 0.15) is 31.8 Å². The number of carbonyl (C=O) groups excluding carboxylic acids is 2. The first kappa shape index (κ1) is 26.9. The van der Waals surface area contributed by atoms with Gasteiger partial charge in [-0.1, -0.05) is 24.3 Å². The number of amides is 1. The molecule has 1 saturated heterocycles. The van der Waals surface area contributed by atoms with Crippen LogP contribution in [0.25, 0.3) is 10.8 Å². The summed E-state index contributed by atoms with van der Waals surface area (Å²) in [4.78, 5) is 27.7. The molecule has 5 rings (SSSR count). The number of phenols is 1. The van der Waals surface area contributed by atoms with E-state index in [0.717, 1.165) is 5.56 Å². The number of carbonyl (C=O) groups is 2. The lowest BCUT2D eigenvalue weighted by Gasteiger charge is -2.39. The minimum Gasteiger partial charge on any atom is -0.506 e. The van der Waals surface area contributed by atoms with Gasteiger partial charge in [-0.3, -0.25) is 9.59 Å². The number of benzene rings is 3. The molecule has 1 amide bonds. The Morgan fingerprint density at radius 2 is 1.85 bits per heavy atom. The number of ketones is 1. The van der Waals surface area contributed by atoms with Crippen molar-refractivity contribution in [1.82, 2.24) is 4.90 Å². The molecule has 2 heterocycles. The van der Waals surface area contributed by atoms with E-state index in [9.17, 15) is 35.1 Å². The highest BCUT2D eigenvalue weighted by Crippen LogP contribution is 2.42. The van der Waals surface area contributed by atoms with Crippen LogP contribution in [0, 0.1) is 6.92 Å². The summed E-state index contributed by atoms with van der Waals surface area (Å²) in [7, 11) is 1.43. The van der Waals surface area contributed by atoms with Crippen molar-refractivity contribution >= 4 is 22.5 Å². The van der Waals surface area contributed by atoms with E-state index < -0.39 is 48.8 Å². The Kier molecular flexibility index (Phi) is 7.19. The molecule has 0 spiro atoms. The van der Waals surface area contributed by atoms with Gasteiger partial charge in [0, 0.05) is 18.2 Å². The first-order chi connectivity index (χ1) is 18.6. The first-order valence-electron chi connectivity index (χ1n) is 12.4. The third kappa shape index (κ3) is 4.68. The number of Topliss-reactive ketones (excluding diaryl/α,β-unsaturated/α-hetero) is 1. The fourth-order valence-electron chi connectivity index (χ4n) is 5.14. The zero-order chi connectivity index (χ0) is 28.0. The topological polar surface area (TPSA) is 166 Å². The van der Waals surface area contributed by atoms with Crippen molar-refractivity contribution in [1.29, 1.82) is 0 Å². The van der Waals surface area contributed by atoms with Crippen LogP contribution in [0.2, 0.25) is 0 Å². The maximum atomic E-state index is 13.4. The molecule has 3 aromatic rings. The number of aromatic hydroxyl groups is 1. The smallest absolute Gasteiger partial charge is 0.254 e. The highest BCUT2D eigenvalue weighted by Gasteiger charge is 2.45. The molecule has 11 nitrogen and oxygen atoms in total. The number of aliphatic hydroxyl groups is 4. The van der Waals surface area contributed by atoms with Crippen LogP contribution in [0.15, 0.2) is 42.5 Å². The summed E-state index contributed by atoms with van der Waals surface area (Å²) in [6, 6.07) is 11.8. The van der Waals surface area contributed by atoms with Gasteiger partial charge in [0.15, 0.2) is 5.78 Å². The second-order valence-electron chi connectivity index (χ2n) is 9.70. The second-order valence-corrected chi connectivity index (χ2v) is 9.70. The standard InChI is InChI=1S/C28H29NO10/c1-13-7-15-8-16(37-2)9-19(38-28-26(35)25(34)23(32)20(12-30)39-28)22(15)24(33)21(13)18(31)11-29-10-14-5-3-4-6-17(14)27(29)36/h3-9,20,23,25-26,28,30,32-35H,10-12H2,1-2H3/t20-,23-,25+,26-,28+/m1/s1. The number of nitrogens with zero attached hydrogens (tertiary/aromatic N) is 1. The normalized spacial score (nSPS) is 24.6. The third-order valence-electron chi connectivity index (χ3n) is 7.18. The molecule has 1 fully saturated rings. The van der Waals surface area contributed by atoms with Crippen LogP contribution in [0.4, 0.5) is 0 Å². The van der Waals surface area contributed by atoms with E-state index in [4.69, 9.17) is 14.2 Å². The molecule has 0 radical (unpaired) electrons. The number of aliphatic hydroxyl groups excluding tert-OH is 4. The molecule has 0 saturated carbocycles. The number of aryl methyl sites for hydroxylation is 1. The molecule has 3 aromatic carbocycles. The Morgan fingerprint density at radius 1 is 1.10 bits per heavy atom. The molecular weight excluding hydrogens is 510 g/mol. The molecule has 39 heavy (non-hydrogen) atoms. The summed E-state index contributed by atoms with van der Waals surface area (Å²) in [6.07, 6.45) is -7.68. The molecule has 2 aliphatic rings. The lowest BCUT2D eigenvalue weighted by molar-refractivity contribution is -0.277. The third-order valence-corrected chi connectivity index (χ3v) is 7.18. The van der Waals surface area contributed by atoms with E-state index in [1.807, 2.05) is 12.1 Å². The summed E-state index contributed by atoms with van der Waals surface area (Å²) in [5, 5.41) is 52.2. The number of phenolic OH excluding ortho intramolecular Hbond substituents is 1. The average molecular weight is 540 g/mol. The minimum atomic E-state index is -1.69. The highest BCUT2D eigenvalue weighted by molar-refractivity contribution is 6.10. The summed E-state index contributed by atoms with van der Waals surface area (Å²) in [5.74, 6) is -0.859. The quantitative estimate of drug-likeness (QED) is 0.272. The van der Waals surface area contributed by atoms with E-state index in [1.165, 1.54) is 18.1 Å². The zero-order valence-electron chi connectivity index (χ0n) is 21.3. The maximum absolute atomic E-state index is 13.4. The van der Waals surface area contributed by atoms with Crippen LogP contribution in [0.5, 0.6) is 17.2 Å². The molecule has 0 bridgehead atoms. The van der Waals surface area contributed by atoms with Gasteiger partial charge in [0.05, 0.1) is 31.2 Å². The van der Waals surface area contributed by atoms with Crippen LogP contribution < -0.4 is 9.47 Å². The van der Waals surface area contributed by atoms with Crippen molar-refractivity contribution < 1.29 is 49.3 Å². The number of fused-ring (bicyclic) bond motifs is 2. The Labute approximate surface area is 223 Å². The van der Waals surface area contributed by atoms with Gasteiger partial charge in [-0.25, -0.2) is 0 Å². The van der Waals surface area contributed by atoms with Crippen molar-refractivity contribution in [2.75, 3.05) is 20.3 Å². The summed E-state index contributed by atoms with van der Waals surface area (Å²) < 4.78 is 16.7. The fourth-order valence-corrected chi connectivity index (χ4v) is 5.14. The highest BCUT2D eigenvalue weighted by atomic mass is 16.7. The van der Waals surface area contributed by atoms with Crippen molar-refractivity contribution in [3.8, 4) is 17.2 Å². The van der Waals surface area contributed by atoms with E-state index >= 15 is 0 Å². The summed E-state index contributed by atoms with van der Waals surface area (Å²) in [6.45, 7) is 1.03. The predicted molar refractivity (Wildman–Crippen MR) is 137 cm³/mol. The van der Waals surface area contributed by atoms with Crippen molar-refractivity contribution in [2.45, 2.75) is 44.2 Å². The van der Waals surface area contributed by atoms with Crippen LogP contribution in [-0.2, 0) is 11.3 Å². The SMILES string of the molecule is COc1cc(O[C@H]2O[C@H](CO)[C@@H](O)[C@H](O)[C@H]2O)c2c(O)c(C(=O)CN3Cc4ccccc4C3=O)c(C)cc2c1. The van der Waals surface area contributed by atoms with Crippen molar-refractivity contribution in [2.24, 2.45) is 0 Å². The number of methoxy groups -OCH3 is 1. The maximum Gasteiger partial charge on any atom is 0.254 e. The monoisotopic (exact) mass is 539 g/mol. The van der Waals surface area contributed by atoms with Gasteiger partial charge in [-0.15, -0.1) is 0 Å². The molecule has 206 valence electrons. The fraction of sp³-hybridized carbons (Fsp3) is 0.357. The molecule has 5 atom stereocenters. The van der Waals surface area contributed by atoms with Gasteiger partial charge >= 0.3 is 0 Å². The Bertz CT molecular complexity index is 1440. The minimum absolute atomic E-state index is 0.00456. The van der Waals surface area contributed by atoms with Gasteiger partial charge in [-0.05, 0) is 35.6 Å². The predicted octanol–water partition coefficient (Wildman–Crippen LogP) is 0.880. The van der Waals surface area contributed by atoms with E-state index in [0.29, 0.717) is 22.3 Å². The van der Waals surface area contributed by atoms with Gasteiger partial charge in [0.2, 0.25) is 6.29 Å². The van der Waals surface area contributed by atoms with Gasteiger partial charge in [0.25, 0.3) is 5.91 Å². The molecule has 5 N–H and O–H groups in total. The first-order valence-corrected chi connectivity index (χ1v) is 12.4. The molecular formula is C28H29NO10. The number of hydrogen-bond acceptors (Lipinski definition) is 10. The van der Waals surface area contributed by atoms with Crippen LogP contribution in [-0.4, -0.2) is 93.1 Å². The van der Waals surface area contributed by atoms with Gasteiger partial charge in [-0.2, -0.15) is 0 Å². The summed E-state index contributed by atoms with van der Waals surface area (Å²) >= 11 is 0. The molecule has 0 aromatic heterocycles.